The molecule has 3 heterocycles. The second kappa shape index (κ2) is 10.5. The molecule has 2 N–H and O–H groups in total. The standard InChI is InChI=1S/C27H24ClN5O2S/c1-35-17-24(34)30-21-13-12-19(16-20(21)28)33-26(25(31-27(33)36)22-10-5-6-14-29-22)23-11-7-15-32(23)18-8-3-2-4-9-18/h2-16,25-26H,17H2,1H3,(H,30,34)(H,31,36). The topological polar surface area (TPSA) is 71.4 Å². The van der Waals surface area contributed by atoms with Gasteiger partial charge < -0.3 is 24.8 Å². The summed E-state index contributed by atoms with van der Waals surface area (Å²) in [4.78, 5) is 18.7. The summed E-state index contributed by atoms with van der Waals surface area (Å²) in [5.74, 6) is -0.278. The normalized spacial score (nSPS) is 17.2. The molecule has 0 saturated carbocycles. The molecule has 5 rings (SSSR count). The number of anilines is 2. The van der Waals surface area contributed by atoms with Crippen LogP contribution in [-0.2, 0) is 9.53 Å². The zero-order valence-corrected chi connectivity index (χ0v) is 21.0. The molecule has 9 heteroatoms. The van der Waals surface area contributed by atoms with Crippen LogP contribution in [0.3, 0.4) is 0 Å². The lowest BCUT2D eigenvalue weighted by molar-refractivity contribution is -0.119. The number of thiocarbonyl (C=S) groups is 1. The molecular formula is C27H24ClN5O2S. The van der Waals surface area contributed by atoms with Crippen LogP contribution in [0.15, 0.2) is 91.3 Å². The minimum Gasteiger partial charge on any atom is -0.375 e. The average Bonchev–Trinajstić information content (AvgIpc) is 3.51. The van der Waals surface area contributed by atoms with Gasteiger partial charge in [-0.1, -0.05) is 35.9 Å². The highest BCUT2D eigenvalue weighted by atomic mass is 35.5. The number of para-hydroxylation sites is 1. The SMILES string of the molecule is COCC(=O)Nc1ccc(N2C(=S)NC(c3ccccn3)C2c2cccn2-c2ccccc2)cc1Cl. The zero-order valence-electron chi connectivity index (χ0n) is 19.5. The minimum atomic E-state index is -0.278. The summed E-state index contributed by atoms with van der Waals surface area (Å²) in [5, 5.41) is 7.20. The molecule has 2 atom stereocenters. The van der Waals surface area contributed by atoms with Gasteiger partial charge in [-0.25, -0.2) is 0 Å². The van der Waals surface area contributed by atoms with E-state index in [1.54, 1.807) is 12.3 Å². The number of pyridine rings is 1. The number of carbonyl (C=O) groups excluding carboxylic acids is 1. The molecule has 1 saturated heterocycles. The Morgan fingerprint density at radius 2 is 1.89 bits per heavy atom. The third kappa shape index (κ3) is 4.70. The average molecular weight is 518 g/mol. The van der Waals surface area contributed by atoms with Crippen LogP contribution in [0.4, 0.5) is 11.4 Å². The van der Waals surface area contributed by atoms with Crippen molar-refractivity contribution in [3.63, 3.8) is 0 Å². The largest absolute Gasteiger partial charge is 0.375 e. The van der Waals surface area contributed by atoms with Crippen molar-refractivity contribution in [3.8, 4) is 5.69 Å². The molecule has 0 bridgehead atoms. The van der Waals surface area contributed by atoms with E-state index in [4.69, 9.17) is 28.6 Å². The highest BCUT2D eigenvalue weighted by Crippen LogP contribution is 2.43. The second-order valence-corrected chi connectivity index (χ2v) is 9.07. The maximum Gasteiger partial charge on any atom is 0.250 e. The Kier molecular flexibility index (Phi) is 6.99. The van der Waals surface area contributed by atoms with Crippen molar-refractivity contribution in [2.24, 2.45) is 0 Å². The van der Waals surface area contributed by atoms with Gasteiger partial charge in [0.15, 0.2) is 5.11 Å². The lowest BCUT2D eigenvalue weighted by Crippen LogP contribution is -2.30. The van der Waals surface area contributed by atoms with Crippen LogP contribution in [0.5, 0.6) is 0 Å². The van der Waals surface area contributed by atoms with E-state index in [0.29, 0.717) is 15.8 Å². The van der Waals surface area contributed by atoms with Crippen LogP contribution in [0.25, 0.3) is 5.69 Å². The first kappa shape index (κ1) is 24.0. The summed E-state index contributed by atoms with van der Waals surface area (Å²) in [5.41, 5.74) is 4.27. The minimum absolute atomic E-state index is 0.0531. The Hall–Kier alpha value is -3.72. The number of halogens is 1. The number of hydrogen-bond donors (Lipinski definition) is 2. The van der Waals surface area contributed by atoms with Gasteiger partial charge in [0.05, 0.1) is 22.4 Å². The number of ether oxygens (including phenoxy) is 1. The Morgan fingerprint density at radius 3 is 2.61 bits per heavy atom. The first-order valence-electron chi connectivity index (χ1n) is 11.4. The zero-order chi connectivity index (χ0) is 25.1. The Bertz CT molecular complexity index is 1380. The predicted octanol–water partition coefficient (Wildman–Crippen LogP) is 5.29. The van der Waals surface area contributed by atoms with Gasteiger partial charge in [-0.15, -0.1) is 0 Å². The monoisotopic (exact) mass is 517 g/mol. The van der Waals surface area contributed by atoms with E-state index >= 15 is 0 Å². The van der Waals surface area contributed by atoms with Crippen molar-refractivity contribution >= 4 is 46.2 Å². The van der Waals surface area contributed by atoms with Crippen molar-refractivity contribution in [2.75, 3.05) is 23.9 Å². The second-order valence-electron chi connectivity index (χ2n) is 8.28. The molecule has 0 radical (unpaired) electrons. The number of hydrogen-bond acceptors (Lipinski definition) is 4. The number of rotatable bonds is 7. The van der Waals surface area contributed by atoms with Gasteiger partial charge in [0.2, 0.25) is 5.91 Å². The Labute approximate surface area is 219 Å². The Balaban J connectivity index is 1.58. The molecule has 2 aromatic heterocycles. The molecule has 182 valence electrons. The first-order valence-corrected chi connectivity index (χ1v) is 12.2. The quantitative estimate of drug-likeness (QED) is 0.325. The summed E-state index contributed by atoms with van der Waals surface area (Å²) >= 11 is 12.4. The summed E-state index contributed by atoms with van der Waals surface area (Å²) < 4.78 is 7.05. The maximum atomic E-state index is 12.0. The van der Waals surface area contributed by atoms with E-state index in [1.165, 1.54) is 7.11 Å². The van der Waals surface area contributed by atoms with Gasteiger partial charge in [0, 0.05) is 36.6 Å². The van der Waals surface area contributed by atoms with Gasteiger partial charge in [0.1, 0.15) is 12.6 Å². The smallest absolute Gasteiger partial charge is 0.250 e. The lowest BCUT2D eigenvalue weighted by Gasteiger charge is -2.29. The summed E-state index contributed by atoms with van der Waals surface area (Å²) in [6, 6.07) is 25.2. The van der Waals surface area contributed by atoms with Crippen LogP contribution < -0.4 is 15.5 Å². The van der Waals surface area contributed by atoms with Gasteiger partial charge in [-0.05, 0) is 66.8 Å². The summed E-state index contributed by atoms with van der Waals surface area (Å²) in [7, 11) is 1.47. The number of nitrogens with zero attached hydrogens (tertiary/aromatic N) is 3. The molecule has 1 aliphatic rings. The fourth-order valence-electron chi connectivity index (χ4n) is 4.46. The number of methoxy groups -OCH3 is 1. The third-order valence-electron chi connectivity index (χ3n) is 6.00. The number of aromatic nitrogens is 2. The van der Waals surface area contributed by atoms with Crippen LogP contribution in [0.1, 0.15) is 23.5 Å². The molecule has 1 fully saturated rings. The molecule has 7 nitrogen and oxygen atoms in total. The third-order valence-corrected chi connectivity index (χ3v) is 6.62. The summed E-state index contributed by atoms with van der Waals surface area (Å²) in [6.07, 6.45) is 3.82. The number of carbonyl (C=O) groups is 1. The first-order chi connectivity index (χ1) is 17.6. The van der Waals surface area contributed by atoms with Crippen LogP contribution in [0.2, 0.25) is 5.02 Å². The van der Waals surface area contributed by atoms with Crippen LogP contribution in [-0.4, -0.2) is 34.3 Å². The molecule has 1 aliphatic heterocycles. The van der Waals surface area contributed by atoms with E-state index < -0.39 is 0 Å². The highest BCUT2D eigenvalue weighted by molar-refractivity contribution is 7.80. The van der Waals surface area contributed by atoms with E-state index in [1.807, 2.05) is 60.8 Å². The van der Waals surface area contributed by atoms with Crippen molar-refractivity contribution < 1.29 is 9.53 Å². The predicted molar refractivity (Wildman–Crippen MR) is 146 cm³/mol. The number of benzene rings is 2. The van der Waals surface area contributed by atoms with Gasteiger partial charge in [-0.2, -0.15) is 0 Å². The van der Waals surface area contributed by atoms with Crippen molar-refractivity contribution in [1.82, 2.24) is 14.9 Å². The highest BCUT2D eigenvalue weighted by Gasteiger charge is 2.42. The fraction of sp³-hybridized carbons (Fsp3) is 0.148. The van der Waals surface area contributed by atoms with E-state index in [9.17, 15) is 4.79 Å². The summed E-state index contributed by atoms with van der Waals surface area (Å²) in [6.45, 7) is -0.0531. The van der Waals surface area contributed by atoms with E-state index in [0.717, 1.165) is 22.8 Å². The van der Waals surface area contributed by atoms with Crippen LogP contribution >= 0.6 is 23.8 Å². The van der Waals surface area contributed by atoms with Crippen molar-refractivity contribution in [3.05, 3.63) is 108 Å². The molecule has 36 heavy (non-hydrogen) atoms. The molecule has 0 spiro atoms. The molecule has 2 unspecified atom stereocenters. The fourth-order valence-corrected chi connectivity index (χ4v) is 5.03. The Morgan fingerprint density at radius 1 is 1.08 bits per heavy atom. The van der Waals surface area contributed by atoms with E-state index in [2.05, 4.69) is 43.3 Å². The number of nitrogens with one attached hydrogen (secondary N) is 2. The van der Waals surface area contributed by atoms with Crippen LogP contribution in [0, 0.1) is 0 Å². The maximum absolute atomic E-state index is 12.0. The molecule has 2 aromatic carbocycles. The molecule has 4 aromatic rings. The van der Waals surface area contributed by atoms with Crippen molar-refractivity contribution in [1.29, 1.82) is 0 Å². The molecular weight excluding hydrogens is 494 g/mol. The molecule has 1 amide bonds. The van der Waals surface area contributed by atoms with Gasteiger partial charge >= 0.3 is 0 Å². The van der Waals surface area contributed by atoms with Gasteiger partial charge in [-0.3, -0.25) is 9.78 Å². The molecule has 0 aliphatic carbocycles. The van der Waals surface area contributed by atoms with E-state index in [-0.39, 0.29) is 24.6 Å². The number of amides is 1. The van der Waals surface area contributed by atoms with Gasteiger partial charge in [0.25, 0.3) is 0 Å². The lowest BCUT2D eigenvalue weighted by atomic mass is 10.0. The van der Waals surface area contributed by atoms with Crippen molar-refractivity contribution in [2.45, 2.75) is 12.1 Å².